The Morgan fingerprint density at radius 3 is 2.39 bits per heavy atom. The van der Waals surface area contributed by atoms with E-state index < -0.39 is 0 Å². The van der Waals surface area contributed by atoms with Crippen molar-refractivity contribution in [1.82, 2.24) is 0 Å². The van der Waals surface area contributed by atoms with Gasteiger partial charge in [-0.2, -0.15) is 0 Å². The van der Waals surface area contributed by atoms with E-state index in [0.717, 1.165) is 34.7 Å². The van der Waals surface area contributed by atoms with Crippen LogP contribution in [-0.2, 0) is 4.79 Å². The van der Waals surface area contributed by atoms with Gasteiger partial charge in [-0.1, -0.05) is 24.4 Å². The third-order valence-electron chi connectivity index (χ3n) is 3.60. The fourth-order valence-corrected chi connectivity index (χ4v) is 2.62. The minimum absolute atomic E-state index is 0.186. The quantitative estimate of drug-likeness (QED) is 0.820. The van der Waals surface area contributed by atoms with E-state index in [-0.39, 0.29) is 18.3 Å². The van der Waals surface area contributed by atoms with Gasteiger partial charge >= 0.3 is 0 Å². The highest BCUT2D eigenvalue weighted by molar-refractivity contribution is 6.32. The van der Waals surface area contributed by atoms with E-state index in [0.29, 0.717) is 0 Å². The molecular weight excluding hydrogens is 248 g/mol. The van der Waals surface area contributed by atoms with Crippen molar-refractivity contribution in [2.75, 3.05) is 6.61 Å². The van der Waals surface area contributed by atoms with Crippen molar-refractivity contribution in [3.8, 4) is 5.75 Å². The predicted octanol–water partition coefficient (Wildman–Crippen LogP) is 4.09. The molecule has 0 bridgehead atoms. The van der Waals surface area contributed by atoms with Crippen molar-refractivity contribution in [2.45, 2.75) is 39.5 Å². The van der Waals surface area contributed by atoms with Gasteiger partial charge in [0.25, 0.3) is 0 Å². The zero-order valence-corrected chi connectivity index (χ0v) is 11.7. The zero-order chi connectivity index (χ0) is 13.1. The van der Waals surface area contributed by atoms with Gasteiger partial charge in [0, 0.05) is 10.9 Å². The van der Waals surface area contributed by atoms with Crippen LogP contribution in [0.5, 0.6) is 5.75 Å². The Morgan fingerprint density at radius 2 is 1.83 bits per heavy atom. The second-order valence-electron chi connectivity index (χ2n) is 5.11. The summed E-state index contributed by atoms with van der Waals surface area (Å²) < 4.78 is 5.59. The summed E-state index contributed by atoms with van der Waals surface area (Å²) in [4.78, 5) is 11.9. The Bertz CT molecular complexity index is 425. The highest BCUT2D eigenvalue weighted by atomic mass is 35.5. The van der Waals surface area contributed by atoms with Gasteiger partial charge in [-0.25, -0.2) is 0 Å². The molecule has 1 aliphatic carbocycles. The van der Waals surface area contributed by atoms with Crippen LogP contribution in [0.25, 0.3) is 0 Å². The third-order valence-corrected chi connectivity index (χ3v) is 4.20. The van der Waals surface area contributed by atoms with Gasteiger partial charge in [-0.15, -0.1) is 0 Å². The molecule has 1 aromatic carbocycles. The highest BCUT2D eigenvalue weighted by Crippen LogP contribution is 2.27. The lowest BCUT2D eigenvalue weighted by Crippen LogP contribution is -2.19. The molecule has 0 spiro atoms. The molecule has 2 rings (SSSR count). The van der Waals surface area contributed by atoms with Gasteiger partial charge in [0.15, 0.2) is 5.78 Å². The van der Waals surface area contributed by atoms with Crippen LogP contribution >= 0.6 is 11.6 Å². The van der Waals surface area contributed by atoms with E-state index in [1.54, 1.807) is 0 Å². The van der Waals surface area contributed by atoms with E-state index in [4.69, 9.17) is 16.3 Å². The summed E-state index contributed by atoms with van der Waals surface area (Å²) in [6.45, 7) is 4.08. The fraction of sp³-hybridized carbons (Fsp3) is 0.533. The zero-order valence-electron chi connectivity index (χ0n) is 11.0. The molecule has 0 heterocycles. The minimum atomic E-state index is 0.186. The van der Waals surface area contributed by atoms with Crippen LogP contribution in [0.3, 0.4) is 0 Å². The first-order valence-electron chi connectivity index (χ1n) is 6.50. The average Bonchev–Trinajstić information content (AvgIpc) is 2.86. The molecule has 18 heavy (non-hydrogen) atoms. The summed E-state index contributed by atoms with van der Waals surface area (Å²) in [5.41, 5.74) is 1.97. The van der Waals surface area contributed by atoms with Gasteiger partial charge in [0.1, 0.15) is 12.4 Å². The molecule has 0 aliphatic heterocycles. The monoisotopic (exact) mass is 266 g/mol. The molecule has 0 unspecified atom stereocenters. The standard InChI is InChI=1S/C15H19ClO2/c1-10-7-13(8-11(2)15(10)16)18-9-14(17)12-5-3-4-6-12/h7-8,12H,3-6,9H2,1-2H3. The Labute approximate surface area is 113 Å². The van der Waals surface area contributed by atoms with Crippen molar-refractivity contribution in [1.29, 1.82) is 0 Å². The summed E-state index contributed by atoms with van der Waals surface area (Å²) in [5.74, 6) is 1.19. The maximum atomic E-state index is 11.9. The molecule has 1 fully saturated rings. The van der Waals surface area contributed by atoms with Crippen molar-refractivity contribution in [3.63, 3.8) is 0 Å². The summed E-state index contributed by atoms with van der Waals surface area (Å²) in [5, 5.41) is 0.768. The van der Waals surface area contributed by atoms with Crippen molar-refractivity contribution in [3.05, 3.63) is 28.3 Å². The van der Waals surface area contributed by atoms with Crippen LogP contribution < -0.4 is 4.74 Å². The fourth-order valence-electron chi connectivity index (χ4n) is 2.51. The topological polar surface area (TPSA) is 26.3 Å². The maximum Gasteiger partial charge on any atom is 0.173 e. The van der Waals surface area contributed by atoms with E-state index in [1.165, 1.54) is 12.8 Å². The smallest absolute Gasteiger partial charge is 0.173 e. The third kappa shape index (κ3) is 3.05. The first-order chi connectivity index (χ1) is 8.58. The van der Waals surface area contributed by atoms with Crippen LogP contribution in [0, 0.1) is 19.8 Å². The van der Waals surface area contributed by atoms with Crippen LogP contribution in [0.15, 0.2) is 12.1 Å². The number of ether oxygens (including phenoxy) is 1. The molecule has 3 heteroatoms. The van der Waals surface area contributed by atoms with E-state index in [2.05, 4.69) is 0 Å². The van der Waals surface area contributed by atoms with Crippen molar-refractivity contribution >= 4 is 17.4 Å². The lowest BCUT2D eigenvalue weighted by Gasteiger charge is -2.11. The van der Waals surface area contributed by atoms with Crippen LogP contribution in [0.4, 0.5) is 0 Å². The van der Waals surface area contributed by atoms with Gasteiger partial charge in [0.05, 0.1) is 0 Å². The number of halogens is 1. The number of aryl methyl sites for hydroxylation is 2. The van der Waals surface area contributed by atoms with E-state index >= 15 is 0 Å². The van der Waals surface area contributed by atoms with Gasteiger partial charge in [-0.3, -0.25) is 4.79 Å². The molecule has 0 atom stereocenters. The summed E-state index contributed by atoms with van der Waals surface area (Å²) in [6, 6.07) is 3.77. The number of ketones is 1. The molecule has 2 nitrogen and oxygen atoms in total. The number of carbonyl (C=O) groups excluding carboxylic acids is 1. The average molecular weight is 267 g/mol. The summed E-state index contributed by atoms with van der Waals surface area (Å²) in [7, 11) is 0. The first-order valence-corrected chi connectivity index (χ1v) is 6.88. The SMILES string of the molecule is Cc1cc(OCC(=O)C2CCCC2)cc(C)c1Cl. The Balaban J connectivity index is 1.95. The Hall–Kier alpha value is -1.02. The second kappa shape index (κ2) is 5.75. The van der Waals surface area contributed by atoms with Gasteiger partial charge in [-0.05, 0) is 49.9 Å². The lowest BCUT2D eigenvalue weighted by atomic mass is 10.0. The second-order valence-corrected chi connectivity index (χ2v) is 5.49. The van der Waals surface area contributed by atoms with Gasteiger partial charge in [0.2, 0.25) is 0 Å². The highest BCUT2D eigenvalue weighted by Gasteiger charge is 2.22. The molecule has 1 aliphatic rings. The van der Waals surface area contributed by atoms with Crippen molar-refractivity contribution < 1.29 is 9.53 Å². The Kier molecular flexibility index (Phi) is 4.28. The molecule has 0 amide bonds. The van der Waals surface area contributed by atoms with E-state index in [9.17, 15) is 4.79 Å². The van der Waals surface area contributed by atoms with Crippen LogP contribution in [-0.4, -0.2) is 12.4 Å². The molecule has 0 N–H and O–H groups in total. The number of Topliss-reactive ketones (excluding diaryl/α,β-unsaturated/α-hetero) is 1. The molecule has 0 aromatic heterocycles. The predicted molar refractivity (Wildman–Crippen MR) is 73.4 cm³/mol. The van der Waals surface area contributed by atoms with Crippen LogP contribution in [0.1, 0.15) is 36.8 Å². The maximum absolute atomic E-state index is 11.9. The number of carbonyl (C=O) groups is 1. The molecular formula is C15H19ClO2. The normalized spacial score (nSPS) is 15.9. The molecule has 0 saturated heterocycles. The number of rotatable bonds is 4. The molecule has 0 radical (unpaired) electrons. The van der Waals surface area contributed by atoms with E-state index in [1.807, 2.05) is 26.0 Å². The first kappa shape index (κ1) is 13.4. The number of hydrogen-bond donors (Lipinski definition) is 0. The molecule has 98 valence electrons. The number of benzene rings is 1. The summed E-state index contributed by atoms with van der Waals surface area (Å²) in [6.07, 6.45) is 4.41. The minimum Gasteiger partial charge on any atom is -0.486 e. The molecule has 1 aromatic rings. The summed E-state index contributed by atoms with van der Waals surface area (Å²) >= 11 is 6.09. The number of hydrogen-bond acceptors (Lipinski definition) is 2. The lowest BCUT2D eigenvalue weighted by molar-refractivity contribution is -0.124. The largest absolute Gasteiger partial charge is 0.486 e. The van der Waals surface area contributed by atoms with Crippen molar-refractivity contribution in [2.24, 2.45) is 5.92 Å². The molecule has 1 saturated carbocycles. The van der Waals surface area contributed by atoms with Gasteiger partial charge < -0.3 is 4.74 Å². The van der Waals surface area contributed by atoms with Crippen LogP contribution in [0.2, 0.25) is 5.02 Å². The Morgan fingerprint density at radius 1 is 1.28 bits per heavy atom.